The van der Waals surface area contributed by atoms with E-state index >= 15 is 0 Å². The summed E-state index contributed by atoms with van der Waals surface area (Å²) in [7, 11) is 1.63. The van der Waals surface area contributed by atoms with Gasteiger partial charge in [-0.1, -0.05) is 75.4 Å². The van der Waals surface area contributed by atoms with Gasteiger partial charge in [0.2, 0.25) is 17.7 Å². The van der Waals surface area contributed by atoms with Crippen LogP contribution in [0.25, 0.3) is 0 Å². The highest BCUT2D eigenvalue weighted by molar-refractivity contribution is 5.93. The van der Waals surface area contributed by atoms with Gasteiger partial charge in [0, 0.05) is 19.1 Å². The Hall–Kier alpha value is -4.30. The maximum Gasteiger partial charge on any atom is 0.252 e. The molecule has 4 N–H and O–H groups in total. The number of ether oxygens (including phenoxy) is 5. The normalized spacial score (nSPS) is 29.1. The summed E-state index contributed by atoms with van der Waals surface area (Å²) in [5, 5.41) is 11.8. The zero-order valence-corrected chi connectivity index (χ0v) is 31.5. The van der Waals surface area contributed by atoms with Crippen molar-refractivity contribution in [1.82, 2.24) is 21.3 Å². The summed E-state index contributed by atoms with van der Waals surface area (Å²) in [6.07, 6.45) is 3.06. The number of carbonyl (C=O) groups is 4. The fraction of sp³-hybridized carbons (Fsp3) is 0.550. The van der Waals surface area contributed by atoms with Crippen LogP contribution in [0.5, 0.6) is 5.75 Å². The molecule has 2 aromatic rings. The lowest BCUT2D eigenvalue weighted by Crippen LogP contribution is -2.62. The molecule has 3 fully saturated rings. The molecule has 0 radical (unpaired) electrons. The largest absolute Gasteiger partial charge is 0.497 e. The molecule has 5 rings (SSSR count). The standard InChI is InChI=1S/C40H54N4O9/c1-24(2)31-37(47)44-32-33(51-39-34(32)52-40(4,5)53-39)38(48)42-30(22-26-14-10-9-11-15-26)36(46)41-29(25(3)35(45)43-31)16-12-7-8-13-21-50-23-27-17-19-28(49-6)20-18-27/h7,9-12,14-15,17-20,24-25,29-34,39H,8,13,16,21-23H2,1-6H3,(H,41,46)(H,42,48)(H,43,45)(H,44,47)/b12-7-/t25-,29+,30+,31+,32-,33-,34+,39+/m0/s1. The lowest BCUT2D eigenvalue weighted by atomic mass is 9.94. The molecule has 0 saturated carbocycles. The number of amides is 4. The van der Waals surface area contributed by atoms with Crippen LogP contribution in [0.15, 0.2) is 66.7 Å². The van der Waals surface area contributed by atoms with Crippen molar-refractivity contribution in [3.8, 4) is 5.75 Å². The molecule has 0 bridgehead atoms. The number of methoxy groups -OCH3 is 1. The van der Waals surface area contributed by atoms with E-state index in [-0.39, 0.29) is 18.2 Å². The van der Waals surface area contributed by atoms with E-state index in [1.807, 2.05) is 80.6 Å². The quantitative estimate of drug-likeness (QED) is 0.189. The topological polar surface area (TPSA) is 163 Å². The Balaban J connectivity index is 1.31. The van der Waals surface area contributed by atoms with Gasteiger partial charge in [0.05, 0.1) is 25.7 Å². The van der Waals surface area contributed by atoms with Crippen molar-refractivity contribution in [3.05, 3.63) is 77.9 Å². The zero-order valence-electron chi connectivity index (χ0n) is 31.5. The summed E-state index contributed by atoms with van der Waals surface area (Å²) >= 11 is 0. The molecule has 8 atom stereocenters. The average molecular weight is 735 g/mol. The Bertz CT molecular complexity index is 1580. The first kappa shape index (κ1) is 39.9. The lowest BCUT2D eigenvalue weighted by molar-refractivity contribution is -0.208. The van der Waals surface area contributed by atoms with Crippen molar-refractivity contribution in [2.45, 2.75) is 115 Å². The van der Waals surface area contributed by atoms with Gasteiger partial charge in [-0.25, -0.2) is 0 Å². The molecule has 3 aliphatic heterocycles. The van der Waals surface area contributed by atoms with E-state index in [1.54, 1.807) is 27.9 Å². The van der Waals surface area contributed by atoms with Gasteiger partial charge in [0.25, 0.3) is 5.91 Å². The molecule has 3 saturated heterocycles. The molecular weight excluding hydrogens is 680 g/mol. The van der Waals surface area contributed by atoms with E-state index in [2.05, 4.69) is 21.3 Å². The summed E-state index contributed by atoms with van der Waals surface area (Å²) < 4.78 is 29.0. The van der Waals surface area contributed by atoms with Gasteiger partial charge < -0.3 is 45.0 Å². The third kappa shape index (κ3) is 10.7. The number of hydrogen-bond donors (Lipinski definition) is 4. The molecule has 288 valence electrons. The van der Waals surface area contributed by atoms with Crippen LogP contribution in [0.3, 0.4) is 0 Å². The van der Waals surface area contributed by atoms with E-state index in [4.69, 9.17) is 23.7 Å². The maximum absolute atomic E-state index is 14.1. The number of fused-ring (bicyclic) bond motifs is 3. The van der Waals surface area contributed by atoms with Crippen LogP contribution in [0, 0.1) is 11.8 Å². The van der Waals surface area contributed by atoms with E-state index < -0.39 is 72.1 Å². The van der Waals surface area contributed by atoms with Crippen molar-refractivity contribution in [3.63, 3.8) is 0 Å². The summed E-state index contributed by atoms with van der Waals surface area (Å²) in [5.41, 5.74) is 1.88. The van der Waals surface area contributed by atoms with Gasteiger partial charge in [0.1, 0.15) is 23.9 Å². The highest BCUT2D eigenvalue weighted by Crippen LogP contribution is 2.37. The molecule has 2 aromatic carbocycles. The fourth-order valence-electron chi connectivity index (χ4n) is 6.71. The number of carbonyl (C=O) groups excluding carboxylic acids is 4. The number of hydrogen-bond acceptors (Lipinski definition) is 9. The Morgan fingerprint density at radius 1 is 0.830 bits per heavy atom. The van der Waals surface area contributed by atoms with Gasteiger partial charge in [0.15, 0.2) is 18.2 Å². The Labute approximate surface area is 311 Å². The van der Waals surface area contributed by atoms with Gasteiger partial charge in [-0.2, -0.15) is 0 Å². The number of rotatable bonds is 12. The van der Waals surface area contributed by atoms with Gasteiger partial charge in [-0.05, 0) is 62.3 Å². The third-order valence-corrected chi connectivity index (χ3v) is 9.77. The molecule has 13 heteroatoms. The minimum absolute atomic E-state index is 0.185. The predicted octanol–water partition coefficient (Wildman–Crippen LogP) is 3.30. The molecule has 53 heavy (non-hydrogen) atoms. The van der Waals surface area contributed by atoms with Crippen molar-refractivity contribution < 1.29 is 42.9 Å². The first-order valence-electron chi connectivity index (χ1n) is 18.5. The van der Waals surface area contributed by atoms with Crippen LogP contribution in [-0.2, 0) is 51.2 Å². The second-order valence-electron chi connectivity index (χ2n) is 14.7. The molecule has 0 spiro atoms. The molecule has 3 heterocycles. The monoisotopic (exact) mass is 734 g/mol. The van der Waals surface area contributed by atoms with Crippen LogP contribution >= 0.6 is 0 Å². The highest BCUT2D eigenvalue weighted by atomic mass is 16.8. The Morgan fingerprint density at radius 2 is 1.57 bits per heavy atom. The van der Waals surface area contributed by atoms with Crippen LogP contribution in [0.1, 0.15) is 65.0 Å². The third-order valence-electron chi connectivity index (χ3n) is 9.77. The van der Waals surface area contributed by atoms with Crippen molar-refractivity contribution in [2.24, 2.45) is 11.8 Å². The summed E-state index contributed by atoms with van der Waals surface area (Å²) in [5.74, 6) is -3.13. The van der Waals surface area contributed by atoms with Crippen LogP contribution in [0.2, 0.25) is 0 Å². The summed E-state index contributed by atoms with van der Waals surface area (Å²) in [4.78, 5) is 55.7. The number of benzene rings is 2. The summed E-state index contributed by atoms with van der Waals surface area (Å²) in [6.45, 7) is 9.89. The Kier molecular flexibility index (Phi) is 13.7. The molecular formula is C40H54N4O9. The molecule has 0 unspecified atom stereocenters. The van der Waals surface area contributed by atoms with Gasteiger partial charge in [-0.15, -0.1) is 0 Å². The van der Waals surface area contributed by atoms with Crippen molar-refractivity contribution in [1.29, 1.82) is 0 Å². The molecule has 13 nitrogen and oxygen atoms in total. The molecule has 3 aliphatic rings. The number of allylic oxidation sites excluding steroid dienone is 1. The van der Waals surface area contributed by atoms with Gasteiger partial charge in [-0.3, -0.25) is 19.2 Å². The molecule has 0 aromatic heterocycles. The van der Waals surface area contributed by atoms with E-state index in [0.29, 0.717) is 19.6 Å². The maximum atomic E-state index is 14.1. The highest BCUT2D eigenvalue weighted by Gasteiger charge is 2.58. The van der Waals surface area contributed by atoms with Crippen molar-refractivity contribution in [2.75, 3.05) is 13.7 Å². The smallest absolute Gasteiger partial charge is 0.252 e. The lowest BCUT2D eigenvalue weighted by Gasteiger charge is -2.32. The zero-order chi connectivity index (χ0) is 38.1. The van der Waals surface area contributed by atoms with Crippen LogP contribution in [-0.4, -0.2) is 85.8 Å². The fourth-order valence-corrected chi connectivity index (χ4v) is 6.71. The number of unbranched alkanes of at least 4 members (excludes halogenated alkanes) is 1. The predicted molar refractivity (Wildman–Crippen MR) is 196 cm³/mol. The van der Waals surface area contributed by atoms with Gasteiger partial charge >= 0.3 is 0 Å². The second-order valence-corrected chi connectivity index (χ2v) is 14.7. The van der Waals surface area contributed by atoms with E-state index in [1.165, 1.54) is 0 Å². The minimum atomic E-state index is -1.22. The molecule has 0 aliphatic carbocycles. The second kappa shape index (κ2) is 18.2. The van der Waals surface area contributed by atoms with Crippen LogP contribution in [0.4, 0.5) is 0 Å². The van der Waals surface area contributed by atoms with Crippen molar-refractivity contribution >= 4 is 23.6 Å². The molecule has 4 amide bonds. The van der Waals surface area contributed by atoms with E-state index in [0.717, 1.165) is 29.7 Å². The first-order chi connectivity index (χ1) is 25.3. The average Bonchev–Trinajstić information content (AvgIpc) is 3.61. The first-order valence-corrected chi connectivity index (χ1v) is 18.5. The summed E-state index contributed by atoms with van der Waals surface area (Å²) in [6, 6.07) is 13.5. The number of nitrogens with one attached hydrogen (secondary N) is 4. The van der Waals surface area contributed by atoms with Crippen LogP contribution < -0.4 is 26.0 Å². The SMILES string of the molecule is COc1ccc(COCCC/C=C\C[C@H]2NC(=O)[C@@H](Cc3ccccc3)NC(=O)[C@H]3O[C@@H]4OC(C)(C)O[C@@H]4[C@H]3NC(=O)[C@@H](C(C)C)NC(=O)[C@H]2C)cc1. The Morgan fingerprint density at radius 3 is 2.26 bits per heavy atom. The minimum Gasteiger partial charge on any atom is -0.497 e. The van der Waals surface area contributed by atoms with E-state index in [9.17, 15) is 19.2 Å².